The molecule has 2 aromatic rings. The summed E-state index contributed by atoms with van der Waals surface area (Å²) < 4.78 is 10.7. The molecule has 30 heavy (non-hydrogen) atoms. The first kappa shape index (κ1) is 22.7. The molecule has 7 heteroatoms. The topological polar surface area (TPSA) is 90.7 Å². The second-order valence-corrected chi connectivity index (χ2v) is 6.54. The first-order valence-corrected chi connectivity index (χ1v) is 9.62. The number of nitro groups is 1. The Balaban J connectivity index is 2.25. The smallest absolute Gasteiger partial charge is 0.235 e. The first-order valence-electron chi connectivity index (χ1n) is 9.62. The van der Waals surface area contributed by atoms with Gasteiger partial charge in [0.1, 0.15) is 11.5 Å². The van der Waals surface area contributed by atoms with E-state index in [1.54, 1.807) is 19.2 Å². The third-order valence-electron chi connectivity index (χ3n) is 4.37. The minimum absolute atomic E-state index is 0.00540. The first-order chi connectivity index (χ1) is 14.5. The van der Waals surface area contributed by atoms with Crippen molar-refractivity contribution in [2.75, 3.05) is 19.5 Å². The van der Waals surface area contributed by atoms with Crippen LogP contribution in [0.5, 0.6) is 11.5 Å². The van der Waals surface area contributed by atoms with Crippen molar-refractivity contribution < 1.29 is 19.2 Å². The summed E-state index contributed by atoms with van der Waals surface area (Å²) in [7, 11) is 3.04. The molecule has 0 heterocycles. The largest absolute Gasteiger partial charge is 0.497 e. The molecular weight excluding hydrogens is 384 g/mol. The number of carbonyl (C=O) groups excluding carboxylic acids is 1. The van der Waals surface area contributed by atoms with Crippen molar-refractivity contribution in [2.24, 2.45) is 0 Å². The lowest BCUT2D eigenvalue weighted by molar-refractivity contribution is -0.400. The quantitative estimate of drug-likeness (QED) is 0.328. The molecule has 1 N–H and O–H groups in total. The van der Waals surface area contributed by atoms with Crippen molar-refractivity contribution in [2.45, 2.75) is 26.2 Å². The number of unbranched alkanes of at least 4 members (excludes halogenated alkanes) is 1. The van der Waals surface area contributed by atoms with Crippen LogP contribution in [0.25, 0.3) is 18.2 Å². The Morgan fingerprint density at radius 3 is 2.43 bits per heavy atom. The number of nitrogens with zero attached hydrogens (tertiary/aromatic N) is 1. The summed E-state index contributed by atoms with van der Waals surface area (Å²) in [6.45, 7) is 2.05. The molecule has 0 bridgehead atoms. The van der Waals surface area contributed by atoms with Crippen molar-refractivity contribution in [3.05, 3.63) is 69.4 Å². The molecule has 0 aliphatic heterocycles. The minimum atomic E-state index is -0.523. The normalized spacial score (nSPS) is 11.0. The summed E-state index contributed by atoms with van der Waals surface area (Å²) in [5.74, 6) is 1.05. The lowest BCUT2D eigenvalue weighted by atomic mass is 10.0. The Morgan fingerprint density at radius 2 is 1.83 bits per heavy atom. The fraction of sp³-hybridized carbons (Fsp3) is 0.261. The molecule has 0 radical (unpaired) electrons. The molecular formula is C23H26N2O5. The lowest BCUT2D eigenvalue weighted by Gasteiger charge is -2.11. The maximum absolute atomic E-state index is 11.8. The molecule has 0 spiro atoms. The van der Waals surface area contributed by atoms with Crippen molar-refractivity contribution in [3.8, 4) is 11.5 Å². The van der Waals surface area contributed by atoms with Crippen molar-refractivity contribution in [1.29, 1.82) is 0 Å². The third-order valence-corrected chi connectivity index (χ3v) is 4.37. The zero-order valence-corrected chi connectivity index (χ0v) is 17.4. The van der Waals surface area contributed by atoms with Gasteiger partial charge in [-0.2, -0.15) is 0 Å². The van der Waals surface area contributed by atoms with Gasteiger partial charge < -0.3 is 14.8 Å². The van der Waals surface area contributed by atoms with Crippen LogP contribution < -0.4 is 14.8 Å². The SMILES string of the molecule is CCCCC(=O)Nc1ccc(/C=C/c2cc(OC)cc(OC)c2/C=C/[N+](=O)[O-])cc1. The highest BCUT2D eigenvalue weighted by Crippen LogP contribution is 2.31. The molecule has 0 unspecified atom stereocenters. The number of anilines is 1. The van der Waals surface area contributed by atoms with Crippen LogP contribution >= 0.6 is 0 Å². The molecule has 1 amide bonds. The van der Waals surface area contributed by atoms with E-state index >= 15 is 0 Å². The van der Waals surface area contributed by atoms with E-state index in [4.69, 9.17) is 9.47 Å². The predicted molar refractivity (Wildman–Crippen MR) is 119 cm³/mol. The van der Waals surface area contributed by atoms with E-state index in [1.165, 1.54) is 13.2 Å². The van der Waals surface area contributed by atoms with Crippen LogP contribution in [0.2, 0.25) is 0 Å². The van der Waals surface area contributed by atoms with Crippen molar-refractivity contribution in [1.82, 2.24) is 0 Å². The van der Waals surface area contributed by atoms with Crippen LogP contribution in [-0.4, -0.2) is 25.1 Å². The van der Waals surface area contributed by atoms with Gasteiger partial charge in [-0.15, -0.1) is 0 Å². The van der Waals surface area contributed by atoms with E-state index in [-0.39, 0.29) is 5.91 Å². The molecule has 0 aliphatic rings. The molecule has 2 rings (SSSR count). The minimum Gasteiger partial charge on any atom is -0.497 e. The summed E-state index contributed by atoms with van der Waals surface area (Å²) in [6.07, 6.45) is 8.33. The van der Waals surface area contributed by atoms with E-state index in [1.807, 2.05) is 43.3 Å². The fourth-order valence-corrected chi connectivity index (χ4v) is 2.78. The van der Waals surface area contributed by atoms with Gasteiger partial charge in [0.15, 0.2) is 0 Å². The average Bonchev–Trinajstić information content (AvgIpc) is 2.75. The summed E-state index contributed by atoms with van der Waals surface area (Å²) in [6, 6.07) is 10.9. The summed E-state index contributed by atoms with van der Waals surface area (Å²) >= 11 is 0. The van der Waals surface area contributed by atoms with Gasteiger partial charge in [-0.25, -0.2) is 0 Å². The zero-order valence-electron chi connectivity index (χ0n) is 17.4. The third kappa shape index (κ3) is 6.77. The number of hydrogen-bond acceptors (Lipinski definition) is 5. The maximum Gasteiger partial charge on any atom is 0.235 e. The fourth-order valence-electron chi connectivity index (χ4n) is 2.78. The second kappa shape index (κ2) is 11.4. The van der Waals surface area contributed by atoms with Gasteiger partial charge in [0.25, 0.3) is 0 Å². The van der Waals surface area contributed by atoms with Crippen LogP contribution in [0.3, 0.4) is 0 Å². The van der Waals surface area contributed by atoms with E-state index < -0.39 is 4.92 Å². The monoisotopic (exact) mass is 410 g/mol. The van der Waals surface area contributed by atoms with E-state index in [0.29, 0.717) is 29.0 Å². The van der Waals surface area contributed by atoms with Crippen LogP contribution in [0, 0.1) is 10.1 Å². The van der Waals surface area contributed by atoms with Crippen molar-refractivity contribution in [3.63, 3.8) is 0 Å². The summed E-state index contributed by atoms with van der Waals surface area (Å²) in [5, 5.41) is 13.6. The number of ether oxygens (including phenoxy) is 2. The number of benzene rings is 2. The predicted octanol–water partition coefficient (Wildman–Crippen LogP) is 5.25. The molecule has 7 nitrogen and oxygen atoms in total. The molecule has 0 fully saturated rings. The Morgan fingerprint density at radius 1 is 1.10 bits per heavy atom. The van der Waals surface area contributed by atoms with Gasteiger partial charge in [-0.1, -0.05) is 37.6 Å². The van der Waals surface area contributed by atoms with Crippen LogP contribution in [0.4, 0.5) is 5.69 Å². The summed E-state index contributed by atoms with van der Waals surface area (Å²) in [4.78, 5) is 22.1. The number of methoxy groups -OCH3 is 2. The van der Waals surface area contributed by atoms with Gasteiger partial charge in [-0.3, -0.25) is 14.9 Å². The van der Waals surface area contributed by atoms with Crippen LogP contribution in [-0.2, 0) is 4.79 Å². The number of hydrogen-bond donors (Lipinski definition) is 1. The zero-order chi connectivity index (χ0) is 21.9. The van der Waals surface area contributed by atoms with Gasteiger partial charge in [-0.05, 0) is 35.7 Å². The highest BCUT2D eigenvalue weighted by Gasteiger charge is 2.10. The highest BCUT2D eigenvalue weighted by molar-refractivity contribution is 5.90. The Kier molecular flexibility index (Phi) is 8.62. The molecule has 0 aliphatic carbocycles. The van der Waals surface area contributed by atoms with E-state index in [2.05, 4.69) is 5.32 Å². The molecule has 2 aromatic carbocycles. The Labute approximate surface area is 176 Å². The van der Waals surface area contributed by atoms with Gasteiger partial charge in [0, 0.05) is 29.8 Å². The van der Waals surface area contributed by atoms with Crippen molar-refractivity contribution >= 4 is 29.8 Å². The highest BCUT2D eigenvalue weighted by atomic mass is 16.6. The van der Waals surface area contributed by atoms with Gasteiger partial charge in [0.2, 0.25) is 12.1 Å². The summed E-state index contributed by atoms with van der Waals surface area (Å²) in [5.41, 5.74) is 2.94. The lowest BCUT2D eigenvalue weighted by Crippen LogP contribution is -2.10. The van der Waals surface area contributed by atoms with Crippen LogP contribution in [0.1, 0.15) is 42.9 Å². The molecule has 0 saturated heterocycles. The molecule has 158 valence electrons. The molecule has 0 atom stereocenters. The number of rotatable bonds is 10. The Hall–Kier alpha value is -3.61. The van der Waals surface area contributed by atoms with E-state index in [9.17, 15) is 14.9 Å². The van der Waals surface area contributed by atoms with Gasteiger partial charge in [0.05, 0.1) is 19.1 Å². The standard InChI is InChI=1S/C23H26N2O5/c1-4-5-6-23(26)24-19-11-8-17(9-12-19)7-10-18-15-20(29-2)16-22(30-3)21(18)13-14-25(27)28/h7-16H,4-6H2,1-3H3,(H,24,26)/b10-7+,14-13+. The number of nitrogens with one attached hydrogen (secondary N) is 1. The Bertz CT molecular complexity index is 933. The number of amides is 1. The van der Waals surface area contributed by atoms with Crippen LogP contribution in [0.15, 0.2) is 42.6 Å². The molecule has 0 aromatic heterocycles. The molecule has 0 saturated carbocycles. The average molecular weight is 410 g/mol. The number of carbonyl (C=O) groups is 1. The van der Waals surface area contributed by atoms with Gasteiger partial charge >= 0.3 is 0 Å². The maximum atomic E-state index is 11.8. The second-order valence-electron chi connectivity index (χ2n) is 6.54. The van der Waals surface area contributed by atoms with E-state index in [0.717, 1.165) is 30.3 Å².